The molecule has 0 aliphatic heterocycles. The van der Waals surface area contributed by atoms with E-state index in [9.17, 15) is 19.5 Å². The highest BCUT2D eigenvalue weighted by molar-refractivity contribution is 5.89. The van der Waals surface area contributed by atoms with Crippen LogP contribution in [-0.2, 0) is 14.4 Å². The van der Waals surface area contributed by atoms with Crippen LogP contribution in [0.5, 0.6) is 0 Å². The van der Waals surface area contributed by atoms with E-state index in [2.05, 4.69) is 5.32 Å². The Morgan fingerprint density at radius 3 is 2.54 bits per heavy atom. The van der Waals surface area contributed by atoms with Crippen molar-refractivity contribution in [1.29, 1.82) is 0 Å². The second kappa shape index (κ2) is 12.0. The maximum absolute atomic E-state index is 12.6. The van der Waals surface area contributed by atoms with Crippen LogP contribution in [0, 0.1) is 17.8 Å². The van der Waals surface area contributed by atoms with Gasteiger partial charge in [0.25, 0.3) is 5.91 Å². The van der Waals surface area contributed by atoms with Crippen molar-refractivity contribution in [1.82, 2.24) is 10.8 Å². The Labute approximate surface area is 155 Å². The molecular formula is C19H34N2O5. The van der Waals surface area contributed by atoms with Crippen molar-refractivity contribution in [2.45, 2.75) is 77.7 Å². The molecule has 1 rings (SSSR count). The molecule has 7 nitrogen and oxygen atoms in total. The van der Waals surface area contributed by atoms with Gasteiger partial charge in [-0.25, -0.2) is 5.48 Å². The zero-order valence-electron chi connectivity index (χ0n) is 16.0. The Kier molecular flexibility index (Phi) is 10.4. The number of nitrogens with one attached hydrogen (secondary N) is 2. The fourth-order valence-electron chi connectivity index (χ4n) is 3.81. The molecule has 4 atom stereocenters. The summed E-state index contributed by atoms with van der Waals surface area (Å²) in [5.41, 5.74) is 1.43. The molecule has 4 N–H and O–H groups in total. The van der Waals surface area contributed by atoms with Crippen molar-refractivity contribution in [2.24, 2.45) is 17.8 Å². The van der Waals surface area contributed by atoms with E-state index in [0.717, 1.165) is 38.5 Å². The van der Waals surface area contributed by atoms with Crippen LogP contribution < -0.4 is 10.8 Å². The number of rotatable bonds is 11. The van der Waals surface area contributed by atoms with Crippen molar-refractivity contribution in [3.05, 3.63) is 0 Å². The summed E-state index contributed by atoms with van der Waals surface area (Å²) in [5.74, 6) is -1.44. The Bertz CT molecular complexity index is 469. The first-order valence-electron chi connectivity index (χ1n) is 9.86. The van der Waals surface area contributed by atoms with Gasteiger partial charge in [0.15, 0.2) is 0 Å². The second-order valence-corrected chi connectivity index (χ2v) is 7.30. The molecule has 1 aliphatic rings. The molecule has 2 amide bonds. The lowest BCUT2D eigenvalue weighted by molar-refractivity contribution is -0.145. The third-order valence-corrected chi connectivity index (χ3v) is 5.35. The first-order valence-corrected chi connectivity index (χ1v) is 9.86. The van der Waals surface area contributed by atoms with Crippen LogP contribution in [0.2, 0.25) is 0 Å². The average Bonchev–Trinajstić information content (AvgIpc) is 2.66. The molecule has 26 heavy (non-hydrogen) atoms. The highest BCUT2D eigenvalue weighted by Crippen LogP contribution is 2.32. The summed E-state index contributed by atoms with van der Waals surface area (Å²) < 4.78 is 0. The van der Waals surface area contributed by atoms with E-state index in [0.29, 0.717) is 25.3 Å². The SMILES string of the molecule is CCCC[C@@H](C(=O)CCC1CCC[C@@H](C(=O)NCC)C1)[C@H](O)C(=O)NO. The summed E-state index contributed by atoms with van der Waals surface area (Å²) in [6.07, 6.45) is 5.12. The molecule has 1 saturated carbocycles. The monoisotopic (exact) mass is 370 g/mol. The number of ketones is 1. The minimum Gasteiger partial charge on any atom is -0.382 e. The average molecular weight is 370 g/mol. The number of aliphatic hydroxyl groups is 1. The Balaban J connectivity index is 2.57. The van der Waals surface area contributed by atoms with Gasteiger partial charge < -0.3 is 10.4 Å². The van der Waals surface area contributed by atoms with E-state index in [4.69, 9.17) is 5.21 Å². The fourth-order valence-corrected chi connectivity index (χ4v) is 3.81. The predicted molar refractivity (Wildman–Crippen MR) is 97.3 cm³/mol. The molecule has 0 heterocycles. The van der Waals surface area contributed by atoms with Gasteiger partial charge in [0, 0.05) is 18.9 Å². The number of carbonyl (C=O) groups is 3. The molecule has 0 spiro atoms. The van der Waals surface area contributed by atoms with Gasteiger partial charge in [-0.15, -0.1) is 0 Å². The van der Waals surface area contributed by atoms with Gasteiger partial charge in [0.05, 0.1) is 5.92 Å². The number of aliphatic hydroxyl groups excluding tert-OH is 1. The van der Waals surface area contributed by atoms with Crippen LogP contribution >= 0.6 is 0 Å². The maximum Gasteiger partial charge on any atom is 0.272 e. The minimum absolute atomic E-state index is 0.0189. The van der Waals surface area contributed by atoms with Crippen LogP contribution in [0.4, 0.5) is 0 Å². The lowest BCUT2D eigenvalue weighted by Gasteiger charge is -2.28. The minimum atomic E-state index is -1.52. The largest absolute Gasteiger partial charge is 0.382 e. The van der Waals surface area contributed by atoms with Crippen LogP contribution in [0.25, 0.3) is 0 Å². The standard InChI is InChI=1S/C19H34N2O5/c1-3-5-9-15(17(23)19(25)21-26)16(22)11-10-13-7-6-8-14(12-13)18(24)20-4-2/h13-15,17,23,26H,3-12H2,1-2H3,(H,20,24)(H,21,25)/t13?,14-,15+,17+/m1/s1. The quantitative estimate of drug-likeness (QED) is 0.328. The number of carbonyl (C=O) groups excluding carboxylic acids is 3. The van der Waals surface area contributed by atoms with Gasteiger partial charge in [0.1, 0.15) is 11.9 Å². The Hall–Kier alpha value is -1.47. The molecule has 150 valence electrons. The van der Waals surface area contributed by atoms with Gasteiger partial charge in [-0.05, 0) is 38.5 Å². The van der Waals surface area contributed by atoms with Gasteiger partial charge in [0.2, 0.25) is 5.91 Å². The van der Waals surface area contributed by atoms with E-state index < -0.39 is 17.9 Å². The summed E-state index contributed by atoms with van der Waals surface area (Å²) in [7, 11) is 0. The lowest BCUT2D eigenvalue weighted by atomic mass is 9.77. The fraction of sp³-hybridized carbons (Fsp3) is 0.842. The van der Waals surface area contributed by atoms with E-state index in [1.54, 1.807) is 0 Å². The molecule has 0 saturated heterocycles. The van der Waals surface area contributed by atoms with E-state index >= 15 is 0 Å². The molecule has 0 bridgehead atoms. The van der Waals surface area contributed by atoms with Gasteiger partial charge in [-0.1, -0.05) is 32.6 Å². The third kappa shape index (κ3) is 7.03. The topological polar surface area (TPSA) is 116 Å². The number of amides is 2. The Morgan fingerprint density at radius 2 is 1.92 bits per heavy atom. The van der Waals surface area contributed by atoms with Crippen molar-refractivity contribution >= 4 is 17.6 Å². The van der Waals surface area contributed by atoms with Crippen LogP contribution in [-0.4, -0.2) is 40.6 Å². The molecule has 0 radical (unpaired) electrons. The van der Waals surface area contributed by atoms with Crippen LogP contribution in [0.15, 0.2) is 0 Å². The van der Waals surface area contributed by atoms with Crippen molar-refractivity contribution in [3.8, 4) is 0 Å². The van der Waals surface area contributed by atoms with Gasteiger partial charge in [-0.3, -0.25) is 19.6 Å². The van der Waals surface area contributed by atoms with Crippen molar-refractivity contribution in [2.75, 3.05) is 6.54 Å². The summed E-state index contributed by atoms with van der Waals surface area (Å²) in [6, 6.07) is 0. The second-order valence-electron chi connectivity index (χ2n) is 7.30. The number of Topliss-reactive ketones (excluding diaryl/α,β-unsaturated/α-hetero) is 1. The first kappa shape index (κ1) is 22.6. The maximum atomic E-state index is 12.6. The van der Waals surface area contributed by atoms with Crippen LogP contribution in [0.1, 0.15) is 71.6 Å². The number of hydroxylamine groups is 1. The molecule has 7 heteroatoms. The van der Waals surface area contributed by atoms with E-state index in [-0.39, 0.29) is 24.0 Å². The number of hydrogen-bond acceptors (Lipinski definition) is 5. The predicted octanol–water partition coefficient (Wildman–Crippen LogP) is 1.95. The van der Waals surface area contributed by atoms with Crippen molar-refractivity contribution in [3.63, 3.8) is 0 Å². The molecule has 0 aromatic rings. The molecule has 1 aliphatic carbocycles. The van der Waals surface area contributed by atoms with Crippen LogP contribution in [0.3, 0.4) is 0 Å². The molecular weight excluding hydrogens is 336 g/mol. The summed E-state index contributed by atoms with van der Waals surface area (Å²) >= 11 is 0. The summed E-state index contributed by atoms with van der Waals surface area (Å²) in [6.45, 7) is 4.51. The number of hydrogen-bond donors (Lipinski definition) is 4. The highest BCUT2D eigenvalue weighted by Gasteiger charge is 2.32. The summed E-state index contributed by atoms with van der Waals surface area (Å²) in [4.78, 5) is 36.1. The van der Waals surface area contributed by atoms with E-state index in [1.807, 2.05) is 13.8 Å². The highest BCUT2D eigenvalue weighted by atomic mass is 16.5. The normalized spacial score (nSPS) is 22.3. The summed E-state index contributed by atoms with van der Waals surface area (Å²) in [5, 5.41) is 21.6. The lowest BCUT2D eigenvalue weighted by Crippen LogP contribution is -2.41. The van der Waals surface area contributed by atoms with Gasteiger partial charge >= 0.3 is 0 Å². The molecule has 0 aromatic carbocycles. The number of unbranched alkanes of at least 4 members (excludes halogenated alkanes) is 1. The molecule has 1 unspecified atom stereocenters. The Morgan fingerprint density at radius 1 is 1.19 bits per heavy atom. The zero-order valence-corrected chi connectivity index (χ0v) is 16.0. The molecule has 1 fully saturated rings. The van der Waals surface area contributed by atoms with Gasteiger partial charge in [-0.2, -0.15) is 0 Å². The zero-order chi connectivity index (χ0) is 19.5. The van der Waals surface area contributed by atoms with Crippen molar-refractivity contribution < 1.29 is 24.7 Å². The third-order valence-electron chi connectivity index (χ3n) is 5.35. The smallest absolute Gasteiger partial charge is 0.272 e. The first-order chi connectivity index (χ1) is 12.4. The molecule has 0 aromatic heterocycles. The van der Waals surface area contributed by atoms with E-state index in [1.165, 1.54) is 5.48 Å².